The molecular weight excluding hydrogens is 240 g/mol. The average molecular weight is 249 g/mol. The molecule has 88 valence electrons. The van der Waals surface area contributed by atoms with E-state index in [1.807, 2.05) is 0 Å². The van der Waals surface area contributed by atoms with E-state index >= 15 is 0 Å². The Morgan fingerprint density at radius 3 is 2.81 bits per heavy atom. The number of hydrogen-bond acceptors (Lipinski definition) is 6. The summed E-state index contributed by atoms with van der Waals surface area (Å²) in [5, 5.41) is 8.80. The summed E-state index contributed by atoms with van der Waals surface area (Å²) in [7, 11) is 0. The van der Waals surface area contributed by atoms with Gasteiger partial charge in [-0.05, 0) is 12.1 Å². The first kappa shape index (κ1) is 14.1. The second-order valence-electron chi connectivity index (χ2n) is 2.43. The first-order chi connectivity index (χ1) is 7.20. The lowest BCUT2D eigenvalue weighted by molar-refractivity contribution is -0.757. The van der Waals surface area contributed by atoms with Crippen LogP contribution in [0.3, 0.4) is 0 Å². The van der Waals surface area contributed by atoms with Gasteiger partial charge >= 0.3 is 5.97 Å². The third-order valence-electron chi connectivity index (χ3n) is 1.41. The van der Waals surface area contributed by atoms with Gasteiger partial charge in [0.1, 0.15) is 13.2 Å². The Morgan fingerprint density at radius 1 is 1.50 bits per heavy atom. The number of carbonyl (C=O) groups is 1. The topological polar surface area (TPSA) is 91.6 Å². The van der Waals surface area contributed by atoms with Crippen LogP contribution < -0.4 is 0 Å². The minimum atomic E-state index is -0.947. The van der Waals surface area contributed by atoms with Crippen molar-refractivity contribution in [3.63, 3.8) is 0 Å². The highest BCUT2D eigenvalue weighted by molar-refractivity contribution is 5.88. The van der Waals surface area contributed by atoms with Crippen molar-refractivity contribution >= 4 is 18.4 Å². The van der Waals surface area contributed by atoms with Gasteiger partial charge in [-0.2, -0.15) is 0 Å². The first-order valence-electron chi connectivity index (χ1n) is 4.04. The van der Waals surface area contributed by atoms with E-state index < -0.39 is 11.1 Å². The van der Waals surface area contributed by atoms with Crippen molar-refractivity contribution in [3.05, 3.63) is 40.2 Å². The molecule has 0 spiro atoms. The second kappa shape index (κ2) is 7.41. The average Bonchev–Trinajstić information content (AvgIpc) is 2.25. The number of carbonyl (C=O) groups excluding carboxylic acids is 1. The van der Waals surface area contributed by atoms with Gasteiger partial charge in [0.05, 0.1) is 5.56 Å². The molecule has 1 aromatic heterocycles. The van der Waals surface area contributed by atoms with Crippen LogP contribution in [0.4, 0.5) is 0 Å². The molecule has 0 aliphatic carbocycles. The third-order valence-corrected chi connectivity index (χ3v) is 1.41. The van der Waals surface area contributed by atoms with Crippen molar-refractivity contribution < 1.29 is 19.5 Å². The van der Waals surface area contributed by atoms with Gasteiger partial charge in [0, 0.05) is 12.4 Å². The van der Waals surface area contributed by atoms with E-state index in [4.69, 9.17) is 0 Å². The number of rotatable bonds is 5. The van der Waals surface area contributed by atoms with Crippen molar-refractivity contribution in [2.75, 3.05) is 13.2 Å². The van der Waals surface area contributed by atoms with Crippen molar-refractivity contribution in [2.45, 2.75) is 0 Å². The molecule has 0 aliphatic heterocycles. The zero-order valence-corrected chi connectivity index (χ0v) is 8.88. The Morgan fingerprint density at radius 2 is 2.25 bits per heavy atom. The number of pyridine rings is 1. The van der Waals surface area contributed by atoms with Crippen LogP contribution in [0.2, 0.25) is 0 Å². The smallest absolute Gasteiger partial charge is 0.339 e. The van der Waals surface area contributed by atoms with Crippen molar-refractivity contribution in [2.24, 2.45) is 0 Å². The standard InChI is InChI=1S/C8H8N2O5.ClH/c11-8(7-2-1-3-9-6-7)14-4-5-15-10(12)13;/h1-3,6H,4-5H2;1H. The number of halogens is 1. The Balaban J connectivity index is 0.00000225. The highest BCUT2D eigenvalue weighted by Gasteiger charge is 2.06. The molecule has 0 N–H and O–H groups in total. The maximum Gasteiger partial charge on any atom is 0.339 e. The Bertz CT molecular complexity index is 346. The summed E-state index contributed by atoms with van der Waals surface area (Å²) in [6, 6.07) is 3.12. The van der Waals surface area contributed by atoms with Gasteiger partial charge in [0.25, 0.3) is 5.09 Å². The van der Waals surface area contributed by atoms with Gasteiger partial charge in [-0.3, -0.25) is 4.98 Å². The van der Waals surface area contributed by atoms with E-state index in [1.54, 1.807) is 6.07 Å². The number of aromatic nitrogens is 1. The predicted octanol–water partition coefficient (Wildman–Crippen LogP) is 0.868. The number of esters is 1. The fourth-order valence-electron chi connectivity index (χ4n) is 0.813. The van der Waals surface area contributed by atoms with E-state index in [1.165, 1.54) is 18.5 Å². The number of hydrogen-bond donors (Lipinski definition) is 0. The van der Waals surface area contributed by atoms with Crippen LogP contribution in [-0.4, -0.2) is 29.3 Å². The molecule has 1 aromatic rings. The van der Waals surface area contributed by atoms with Crippen LogP contribution in [-0.2, 0) is 9.57 Å². The molecule has 8 heteroatoms. The maximum atomic E-state index is 11.2. The van der Waals surface area contributed by atoms with Crippen molar-refractivity contribution in [3.8, 4) is 0 Å². The van der Waals surface area contributed by atoms with E-state index in [0.29, 0.717) is 5.56 Å². The van der Waals surface area contributed by atoms with Gasteiger partial charge in [-0.1, -0.05) is 0 Å². The highest BCUT2D eigenvalue weighted by atomic mass is 35.5. The summed E-state index contributed by atoms with van der Waals surface area (Å²) in [6.07, 6.45) is 2.86. The molecule has 0 atom stereocenters. The SMILES string of the molecule is Cl.O=C(OCCO[N+](=O)[O-])c1cccnc1. The molecule has 1 heterocycles. The molecule has 0 amide bonds. The molecule has 16 heavy (non-hydrogen) atoms. The van der Waals surface area contributed by atoms with Crippen molar-refractivity contribution in [1.82, 2.24) is 4.98 Å². The normalized spacial score (nSPS) is 8.75. The van der Waals surface area contributed by atoms with E-state index in [-0.39, 0.29) is 25.6 Å². The minimum Gasteiger partial charge on any atom is -0.460 e. The van der Waals surface area contributed by atoms with Gasteiger partial charge < -0.3 is 9.57 Å². The summed E-state index contributed by atoms with van der Waals surface area (Å²) < 4.78 is 4.67. The fraction of sp³-hybridized carbons (Fsp3) is 0.250. The summed E-state index contributed by atoms with van der Waals surface area (Å²) in [6.45, 7) is -0.451. The van der Waals surface area contributed by atoms with Crippen LogP contribution in [0.15, 0.2) is 24.5 Å². The monoisotopic (exact) mass is 248 g/mol. The molecule has 0 aromatic carbocycles. The molecule has 0 fully saturated rings. The Hall–Kier alpha value is -1.89. The summed E-state index contributed by atoms with van der Waals surface area (Å²) in [4.78, 5) is 28.6. The lowest BCUT2D eigenvalue weighted by Crippen LogP contribution is -2.13. The van der Waals surface area contributed by atoms with Crippen LogP contribution >= 0.6 is 12.4 Å². The van der Waals surface area contributed by atoms with E-state index in [0.717, 1.165) is 0 Å². The molecule has 0 aliphatic rings. The number of ether oxygens (including phenoxy) is 1. The zero-order chi connectivity index (χ0) is 11.1. The van der Waals surface area contributed by atoms with Gasteiger partial charge in [0.2, 0.25) is 0 Å². The Kier molecular flexibility index (Phi) is 6.53. The van der Waals surface area contributed by atoms with Crippen LogP contribution in [0.25, 0.3) is 0 Å². The minimum absolute atomic E-state index is 0. The molecular formula is C8H9ClN2O5. The molecule has 1 rings (SSSR count). The van der Waals surface area contributed by atoms with Gasteiger partial charge in [-0.25, -0.2) is 4.79 Å². The maximum absolute atomic E-state index is 11.2. The van der Waals surface area contributed by atoms with Gasteiger partial charge in [-0.15, -0.1) is 22.5 Å². The summed E-state index contributed by atoms with van der Waals surface area (Å²) >= 11 is 0. The zero-order valence-electron chi connectivity index (χ0n) is 8.07. The lowest BCUT2D eigenvalue weighted by Gasteiger charge is -2.02. The summed E-state index contributed by atoms with van der Waals surface area (Å²) in [5.41, 5.74) is 0.290. The lowest BCUT2D eigenvalue weighted by atomic mass is 10.3. The summed E-state index contributed by atoms with van der Waals surface area (Å²) in [5.74, 6) is -0.588. The second-order valence-corrected chi connectivity index (χ2v) is 2.43. The van der Waals surface area contributed by atoms with Crippen molar-refractivity contribution in [1.29, 1.82) is 0 Å². The molecule has 0 unspecified atom stereocenters. The molecule has 0 radical (unpaired) electrons. The van der Waals surface area contributed by atoms with E-state index in [9.17, 15) is 14.9 Å². The predicted molar refractivity (Wildman–Crippen MR) is 54.7 cm³/mol. The third kappa shape index (κ3) is 5.11. The number of nitrogens with zero attached hydrogens (tertiary/aromatic N) is 2. The van der Waals surface area contributed by atoms with Crippen LogP contribution in [0, 0.1) is 10.1 Å². The van der Waals surface area contributed by atoms with Gasteiger partial charge in [0.15, 0.2) is 0 Å². The molecule has 7 nitrogen and oxygen atoms in total. The molecule has 0 saturated heterocycles. The quantitative estimate of drug-likeness (QED) is 0.332. The van der Waals surface area contributed by atoms with Crippen LogP contribution in [0.1, 0.15) is 10.4 Å². The van der Waals surface area contributed by atoms with Crippen LogP contribution in [0.5, 0.6) is 0 Å². The molecule has 0 bridgehead atoms. The largest absolute Gasteiger partial charge is 0.460 e. The highest BCUT2D eigenvalue weighted by Crippen LogP contribution is 1.98. The van der Waals surface area contributed by atoms with E-state index in [2.05, 4.69) is 14.6 Å². The molecule has 0 saturated carbocycles. The fourth-order valence-corrected chi connectivity index (χ4v) is 0.813. The Labute approximate surface area is 96.9 Å². The first-order valence-corrected chi connectivity index (χ1v) is 4.04.